The van der Waals surface area contributed by atoms with Crippen LogP contribution in [-0.2, 0) is 29.2 Å². The van der Waals surface area contributed by atoms with E-state index in [1.54, 1.807) is 0 Å². The van der Waals surface area contributed by atoms with E-state index in [2.05, 4.69) is 92.7 Å². The fourth-order valence-electron chi connectivity index (χ4n) is 6.69. The molecular weight excluding hydrogens is 536 g/mol. The van der Waals surface area contributed by atoms with Crippen LogP contribution in [0.1, 0.15) is 82.4 Å². The van der Waals surface area contributed by atoms with Crippen molar-refractivity contribution >= 4 is 11.9 Å². The van der Waals surface area contributed by atoms with Gasteiger partial charge < -0.3 is 14.2 Å². The van der Waals surface area contributed by atoms with Crippen molar-refractivity contribution in [3.8, 4) is 0 Å². The summed E-state index contributed by atoms with van der Waals surface area (Å²) in [7, 11) is 1.40. The number of methoxy groups -OCH3 is 1. The Morgan fingerprint density at radius 2 is 1.42 bits per heavy atom. The smallest absolute Gasteiger partial charge is 0.311 e. The molecule has 0 bridgehead atoms. The number of esters is 2. The van der Waals surface area contributed by atoms with Crippen molar-refractivity contribution in [2.75, 3.05) is 20.3 Å². The number of epoxide rings is 1. The number of hydrogen-bond acceptors (Lipinski definition) is 5. The molecule has 0 aromatic heterocycles. The Morgan fingerprint density at radius 3 is 1.91 bits per heavy atom. The summed E-state index contributed by atoms with van der Waals surface area (Å²) in [6, 6.07) is 31.9. The lowest BCUT2D eigenvalue weighted by Gasteiger charge is -2.44. The minimum absolute atomic E-state index is 0.0442. The molecule has 230 valence electrons. The van der Waals surface area contributed by atoms with Crippen LogP contribution in [0.25, 0.3) is 0 Å². The zero-order chi connectivity index (χ0) is 30.9. The van der Waals surface area contributed by atoms with Crippen molar-refractivity contribution in [1.82, 2.24) is 0 Å². The van der Waals surface area contributed by atoms with Gasteiger partial charge >= 0.3 is 11.9 Å². The van der Waals surface area contributed by atoms with Crippen LogP contribution in [0, 0.1) is 17.3 Å². The van der Waals surface area contributed by atoms with E-state index in [9.17, 15) is 9.59 Å². The first-order valence-electron chi connectivity index (χ1n) is 15.7. The van der Waals surface area contributed by atoms with Crippen molar-refractivity contribution in [1.29, 1.82) is 0 Å². The normalized spacial score (nSPS) is 18.1. The van der Waals surface area contributed by atoms with Crippen molar-refractivity contribution in [2.45, 2.75) is 77.2 Å². The first kappa shape index (κ1) is 32.5. The molecule has 0 spiro atoms. The topological polar surface area (TPSA) is 65.1 Å². The molecule has 0 amide bonds. The second-order valence-corrected chi connectivity index (χ2v) is 12.8. The van der Waals surface area contributed by atoms with Crippen molar-refractivity contribution in [2.24, 2.45) is 17.3 Å². The molecule has 1 fully saturated rings. The summed E-state index contributed by atoms with van der Waals surface area (Å²) in [5, 5.41) is 0. The van der Waals surface area contributed by atoms with Crippen LogP contribution in [0.15, 0.2) is 91.0 Å². The summed E-state index contributed by atoms with van der Waals surface area (Å²) >= 11 is 0. The van der Waals surface area contributed by atoms with E-state index in [4.69, 9.17) is 14.2 Å². The molecule has 1 aliphatic heterocycles. The lowest BCUT2D eigenvalue weighted by atomic mass is 9.59. The fourth-order valence-corrected chi connectivity index (χ4v) is 6.69. The van der Waals surface area contributed by atoms with Gasteiger partial charge in [-0.1, -0.05) is 118 Å². The molecular formula is C38H48O5. The Hall–Kier alpha value is -3.44. The molecule has 43 heavy (non-hydrogen) atoms. The molecule has 3 aromatic rings. The lowest BCUT2D eigenvalue weighted by Crippen LogP contribution is -2.43. The highest BCUT2D eigenvalue weighted by Gasteiger charge is 2.48. The van der Waals surface area contributed by atoms with Crippen LogP contribution in [0.3, 0.4) is 0 Å². The lowest BCUT2D eigenvalue weighted by molar-refractivity contribution is -0.159. The van der Waals surface area contributed by atoms with Gasteiger partial charge in [0.25, 0.3) is 0 Å². The molecule has 5 nitrogen and oxygen atoms in total. The fraction of sp³-hybridized carbons (Fsp3) is 0.474. The minimum Gasteiger partial charge on any atom is -0.469 e. The van der Waals surface area contributed by atoms with Crippen molar-refractivity contribution < 1.29 is 23.8 Å². The SMILES string of the molecule is CCC(C)CC(CC(CC(C)(CC(C)C(=O)OC)C(=O)OCC1CO1)(c1ccccc1)c1ccccc1)c1ccccc1. The Labute approximate surface area is 258 Å². The van der Waals surface area contributed by atoms with E-state index in [1.807, 2.05) is 26.0 Å². The number of carbonyl (C=O) groups excluding carboxylic acids is 2. The molecule has 0 aliphatic carbocycles. The second-order valence-electron chi connectivity index (χ2n) is 12.8. The molecule has 0 saturated carbocycles. The van der Waals surface area contributed by atoms with E-state index in [1.165, 1.54) is 12.7 Å². The van der Waals surface area contributed by atoms with Gasteiger partial charge in [-0.15, -0.1) is 0 Å². The third kappa shape index (κ3) is 8.35. The van der Waals surface area contributed by atoms with E-state index < -0.39 is 16.7 Å². The number of hydrogen-bond donors (Lipinski definition) is 0. The Morgan fingerprint density at radius 1 is 0.884 bits per heavy atom. The van der Waals surface area contributed by atoms with Crippen LogP contribution in [0.5, 0.6) is 0 Å². The maximum atomic E-state index is 14.1. The molecule has 1 saturated heterocycles. The molecule has 5 atom stereocenters. The van der Waals surface area contributed by atoms with Gasteiger partial charge in [0.15, 0.2) is 0 Å². The van der Waals surface area contributed by atoms with Crippen molar-refractivity contribution in [3.63, 3.8) is 0 Å². The second kappa shape index (κ2) is 14.8. The van der Waals surface area contributed by atoms with Crippen LogP contribution >= 0.6 is 0 Å². The van der Waals surface area contributed by atoms with E-state index in [0.717, 1.165) is 30.4 Å². The predicted molar refractivity (Wildman–Crippen MR) is 171 cm³/mol. The zero-order valence-electron chi connectivity index (χ0n) is 26.5. The highest BCUT2D eigenvalue weighted by molar-refractivity contribution is 5.79. The first-order chi connectivity index (χ1) is 20.7. The van der Waals surface area contributed by atoms with Crippen LogP contribution in [0.4, 0.5) is 0 Å². The zero-order valence-corrected chi connectivity index (χ0v) is 26.5. The summed E-state index contributed by atoms with van der Waals surface area (Å²) in [4.78, 5) is 26.9. The molecule has 5 unspecified atom stereocenters. The number of ether oxygens (including phenoxy) is 3. The summed E-state index contributed by atoms with van der Waals surface area (Å²) < 4.78 is 16.4. The first-order valence-corrected chi connectivity index (χ1v) is 15.7. The number of carbonyl (C=O) groups is 2. The van der Waals surface area contributed by atoms with Crippen LogP contribution in [0.2, 0.25) is 0 Å². The predicted octanol–water partition coefficient (Wildman–Crippen LogP) is 8.12. The standard InChI is InChI=1S/C38H48O5/c1-6-28(2)22-31(30-16-10-7-11-17-30)24-38(32-18-12-8-13-19-32,33-20-14-9-15-21-33)27-37(4,23-29(3)35(39)41-5)36(40)43-26-34-25-42-34/h7-21,28-29,31,34H,6,22-27H2,1-5H3. The van der Waals surface area contributed by atoms with Gasteiger partial charge in [0.1, 0.15) is 12.7 Å². The average Bonchev–Trinajstić information content (AvgIpc) is 3.88. The molecule has 3 aromatic carbocycles. The van der Waals surface area contributed by atoms with Gasteiger partial charge in [0.2, 0.25) is 0 Å². The maximum absolute atomic E-state index is 14.1. The largest absolute Gasteiger partial charge is 0.469 e. The molecule has 0 radical (unpaired) electrons. The average molecular weight is 585 g/mol. The molecule has 0 N–H and O–H groups in total. The van der Waals surface area contributed by atoms with Crippen LogP contribution < -0.4 is 0 Å². The summed E-state index contributed by atoms with van der Waals surface area (Å²) in [5.41, 5.74) is 2.09. The number of rotatable bonds is 16. The Kier molecular flexibility index (Phi) is 11.2. The van der Waals surface area contributed by atoms with Gasteiger partial charge in [0.05, 0.1) is 25.0 Å². The molecule has 1 heterocycles. The Bertz CT molecular complexity index is 1250. The molecule has 4 rings (SSSR count). The van der Waals surface area contributed by atoms with Gasteiger partial charge in [-0.2, -0.15) is 0 Å². The minimum atomic E-state index is -0.980. The highest BCUT2D eigenvalue weighted by Crippen LogP contribution is 2.51. The van der Waals surface area contributed by atoms with Gasteiger partial charge in [-0.05, 0) is 61.1 Å². The van der Waals surface area contributed by atoms with E-state index >= 15 is 0 Å². The van der Waals surface area contributed by atoms with E-state index in [-0.39, 0.29) is 30.6 Å². The maximum Gasteiger partial charge on any atom is 0.311 e. The van der Waals surface area contributed by atoms with Gasteiger partial charge in [-0.3, -0.25) is 9.59 Å². The van der Waals surface area contributed by atoms with Crippen LogP contribution in [-0.4, -0.2) is 38.4 Å². The summed E-state index contributed by atoms with van der Waals surface area (Å²) in [6.45, 7) is 9.21. The summed E-state index contributed by atoms with van der Waals surface area (Å²) in [6.07, 6.45) is 3.67. The highest BCUT2D eigenvalue weighted by atomic mass is 16.6. The Balaban J connectivity index is 1.89. The third-order valence-electron chi connectivity index (χ3n) is 9.25. The molecule has 1 aliphatic rings. The van der Waals surface area contributed by atoms with E-state index in [0.29, 0.717) is 25.4 Å². The monoisotopic (exact) mass is 584 g/mol. The van der Waals surface area contributed by atoms with Crippen molar-refractivity contribution in [3.05, 3.63) is 108 Å². The van der Waals surface area contributed by atoms with Gasteiger partial charge in [-0.25, -0.2) is 0 Å². The number of benzene rings is 3. The van der Waals surface area contributed by atoms with Gasteiger partial charge in [0, 0.05) is 5.41 Å². The molecule has 5 heteroatoms. The third-order valence-corrected chi connectivity index (χ3v) is 9.25. The quantitative estimate of drug-likeness (QED) is 0.126. The summed E-state index contributed by atoms with van der Waals surface area (Å²) in [5.74, 6) is -0.325.